The second-order valence-corrected chi connectivity index (χ2v) is 6.84. The molecule has 2 aromatic rings. The second-order valence-electron chi connectivity index (χ2n) is 5.96. The molecular formula is C17H20N2O3S. The van der Waals surface area contributed by atoms with Crippen molar-refractivity contribution in [1.29, 1.82) is 0 Å². The Hall–Kier alpha value is -1.92. The average molecular weight is 332 g/mol. The first-order valence-corrected chi connectivity index (χ1v) is 8.67. The first-order chi connectivity index (χ1) is 11.0. The lowest BCUT2D eigenvalue weighted by atomic mass is 9.91. The Kier molecular flexibility index (Phi) is 4.63. The van der Waals surface area contributed by atoms with Gasteiger partial charge in [-0.1, -0.05) is 6.07 Å². The van der Waals surface area contributed by atoms with Crippen LogP contribution in [0.3, 0.4) is 0 Å². The highest BCUT2D eigenvalue weighted by molar-refractivity contribution is 7.18. The Morgan fingerprint density at radius 1 is 1.26 bits per heavy atom. The Morgan fingerprint density at radius 3 is 2.70 bits per heavy atom. The number of esters is 1. The minimum Gasteiger partial charge on any atom is -0.425 e. The monoisotopic (exact) mass is 332 g/mol. The van der Waals surface area contributed by atoms with Crippen LogP contribution in [-0.2, 0) is 4.79 Å². The van der Waals surface area contributed by atoms with Crippen molar-refractivity contribution < 1.29 is 14.3 Å². The van der Waals surface area contributed by atoms with Crippen LogP contribution in [0.15, 0.2) is 23.6 Å². The summed E-state index contributed by atoms with van der Waals surface area (Å²) < 4.78 is 6.03. The smallest absolute Gasteiger partial charge is 0.308 e. The highest BCUT2D eigenvalue weighted by atomic mass is 32.1. The Bertz CT molecular complexity index is 733. The maximum absolute atomic E-state index is 12.6. The Labute approximate surface area is 138 Å². The molecule has 23 heavy (non-hydrogen) atoms. The molecule has 3 rings (SSSR count). The molecule has 0 saturated heterocycles. The van der Waals surface area contributed by atoms with Gasteiger partial charge in [-0.2, -0.15) is 0 Å². The summed E-state index contributed by atoms with van der Waals surface area (Å²) in [7, 11) is 0. The lowest BCUT2D eigenvalue weighted by Crippen LogP contribution is -2.40. The minimum absolute atomic E-state index is 0.0766. The van der Waals surface area contributed by atoms with Crippen molar-refractivity contribution in [2.24, 2.45) is 5.73 Å². The highest BCUT2D eigenvalue weighted by Crippen LogP contribution is 2.34. The summed E-state index contributed by atoms with van der Waals surface area (Å²) in [5.74, 6) is 0.0705. The molecule has 1 aliphatic carbocycles. The van der Waals surface area contributed by atoms with Gasteiger partial charge >= 0.3 is 5.97 Å². The zero-order valence-electron chi connectivity index (χ0n) is 13.0. The molecule has 6 heteroatoms. The molecule has 1 heterocycles. The fourth-order valence-electron chi connectivity index (χ4n) is 2.97. The number of nitrogens with one attached hydrogen (secondary N) is 1. The van der Waals surface area contributed by atoms with Gasteiger partial charge in [-0.25, -0.2) is 0 Å². The fourth-order valence-corrected chi connectivity index (χ4v) is 3.96. The van der Waals surface area contributed by atoms with Crippen molar-refractivity contribution in [2.75, 3.05) is 0 Å². The molecule has 3 N–H and O–H groups in total. The fraction of sp³-hybridized carbons (Fsp3) is 0.412. The number of carbonyl (C=O) groups excluding carboxylic acids is 2. The van der Waals surface area contributed by atoms with E-state index in [4.69, 9.17) is 10.5 Å². The van der Waals surface area contributed by atoms with Gasteiger partial charge in [-0.15, -0.1) is 11.3 Å². The summed E-state index contributed by atoms with van der Waals surface area (Å²) in [6.45, 7) is 1.37. The molecule has 1 aliphatic rings. The number of hydrogen-bond acceptors (Lipinski definition) is 5. The van der Waals surface area contributed by atoms with Crippen LogP contribution in [0.25, 0.3) is 10.1 Å². The summed E-state index contributed by atoms with van der Waals surface area (Å²) in [4.78, 5) is 23.8. The molecule has 5 nitrogen and oxygen atoms in total. The number of amides is 1. The minimum atomic E-state index is -0.363. The normalized spacial score (nSPS) is 21.1. The standard InChI is InChI=1S/C17H20N2O3S/c1-10(20)22-15-9-23-16-13(15)3-2-4-14(16)17(21)19-12-7-5-11(18)6-8-12/h2-4,9,11-12H,5-8,18H2,1H3,(H,19,21). The average Bonchev–Trinajstić information content (AvgIpc) is 2.92. The van der Waals surface area contributed by atoms with E-state index in [2.05, 4.69) is 5.32 Å². The first-order valence-electron chi connectivity index (χ1n) is 7.79. The van der Waals surface area contributed by atoms with Gasteiger partial charge in [0, 0.05) is 29.8 Å². The van der Waals surface area contributed by atoms with Crippen LogP contribution in [0.1, 0.15) is 43.0 Å². The quantitative estimate of drug-likeness (QED) is 0.847. The van der Waals surface area contributed by atoms with Crippen LogP contribution in [0.5, 0.6) is 5.75 Å². The molecule has 1 saturated carbocycles. The second kappa shape index (κ2) is 6.68. The van der Waals surface area contributed by atoms with E-state index in [0.29, 0.717) is 11.3 Å². The van der Waals surface area contributed by atoms with Crippen LogP contribution in [0, 0.1) is 0 Å². The Morgan fingerprint density at radius 2 is 2.00 bits per heavy atom. The highest BCUT2D eigenvalue weighted by Gasteiger charge is 2.22. The van der Waals surface area contributed by atoms with E-state index in [9.17, 15) is 9.59 Å². The van der Waals surface area contributed by atoms with Crippen molar-refractivity contribution in [2.45, 2.75) is 44.7 Å². The van der Waals surface area contributed by atoms with Gasteiger partial charge in [-0.3, -0.25) is 9.59 Å². The SMILES string of the molecule is CC(=O)Oc1csc2c(C(=O)NC3CCC(N)CC3)cccc12. The van der Waals surface area contributed by atoms with E-state index in [-0.39, 0.29) is 24.0 Å². The van der Waals surface area contributed by atoms with E-state index >= 15 is 0 Å². The van der Waals surface area contributed by atoms with E-state index in [1.807, 2.05) is 12.1 Å². The van der Waals surface area contributed by atoms with Gasteiger partial charge in [0.1, 0.15) is 5.75 Å². The third kappa shape index (κ3) is 3.54. The molecule has 0 unspecified atom stereocenters. The van der Waals surface area contributed by atoms with E-state index in [0.717, 1.165) is 35.8 Å². The van der Waals surface area contributed by atoms with Crippen molar-refractivity contribution in [3.8, 4) is 5.75 Å². The molecule has 0 atom stereocenters. The molecule has 0 aliphatic heterocycles. The third-order valence-electron chi connectivity index (χ3n) is 4.17. The van der Waals surface area contributed by atoms with E-state index in [1.165, 1.54) is 18.3 Å². The predicted octanol–water partition coefficient (Wildman–Crippen LogP) is 2.83. The number of carbonyl (C=O) groups is 2. The number of fused-ring (bicyclic) bond motifs is 1. The van der Waals surface area contributed by atoms with Crippen LogP contribution >= 0.6 is 11.3 Å². The molecule has 1 fully saturated rings. The van der Waals surface area contributed by atoms with Gasteiger partial charge in [0.15, 0.2) is 0 Å². The molecule has 1 aromatic carbocycles. The maximum atomic E-state index is 12.6. The zero-order chi connectivity index (χ0) is 16.4. The summed E-state index contributed by atoms with van der Waals surface area (Å²) in [6.07, 6.45) is 3.74. The van der Waals surface area contributed by atoms with Gasteiger partial charge in [0.25, 0.3) is 5.91 Å². The lowest BCUT2D eigenvalue weighted by Gasteiger charge is -2.26. The van der Waals surface area contributed by atoms with Crippen LogP contribution < -0.4 is 15.8 Å². The number of rotatable bonds is 3. The number of benzene rings is 1. The van der Waals surface area contributed by atoms with Crippen LogP contribution in [-0.4, -0.2) is 24.0 Å². The van der Waals surface area contributed by atoms with Crippen molar-refractivity contribution >= 4 is 33.3 Å². The molecule has 0 radical (unpaired) electrons. The molecule has 0 spiro atoms. The predicted molar refractivity (Wildman–Crippen MR) is 90.8 cm³/mol. The van der Waals surface area contributed by atoms with E-state index < -0.39 is 0 Å². The largest absolute Gasteiger partial charge is 0.425 e. The maximum Gasteiger partial charge on any atom is 0.308 e. The number of thiophene rings is 1. The first kappa shape index (κ1) is 16.0. The zero-order valence-corrected chi connectivity index (χ0v) is 13.8. The van der Waals surface area contributed by atoms with Crippen molar-refractivity contribution in [3.63, 3.8) is 0 Å². The third-order valence-corrected chi connectivity index (χ3v) is 5.18. The summed E-state index contributed by atoms with van der Waals surface area (Å²) >= 11 is 1.42. The molecule has 0 bridgehead atoms. The van der Waals surface area contributed by atoms with E-state index in [1.54, 1.807) is 11.4 Å². The summed E-state index contributed by atoms with van der Waals surface area (Å²) in [5.41, 5.74) is 6.53. The van der Waals surface area contributed by atoms with Crippen LogP contribution in [0.2, 0.25) is 0 Å². The van der Waals surface area contributed by atoms with Crippen molar-refractivity contribution in [1.82, 2.24) is 5.32 Å². The lowest BCUT2D eigenvalue weighted by molar-refractivity contribution is -0.131. The summed E-state index contributed by atoms with van der Waals surface area (Å²) in [6, 6.07) is 5.93. The number of hydrogen-bond donors (Lipinski definition) is 2. The van der Waals surface area contributed by atoms with Crippen LogP contribution in [0.4, 0.5) is 0 Å². The van der Waals surface area contributed by atoms with Crippen molar-refractivity contribution in [3.05, 3.63) is 29.1 Å². The topological polar surface area (TPSA) is 81.4 Å². The molecular weight excluding hydrogens is 312 g/mol. The number of nitrogens with two attached hydrogens (primary N) is 1. The molecule has 1 amide bonds. The summed E-state index contributed by atoms with van der Waals surface area (Å²) in [5, 5.41) is 5.66. The van der Waals surface area contributed by atoms with Gasteiger partial charge in [0.05, 0.1) is 10.3 Å². The van der Waals surface area contributed by atoms with Gasteiger partial charge in [0.2, 0.25) is 0 Å². The molecule has 122 valence electrons. The Balaban J connectivity index is 1.80. The van der Waals surface area contributed by atoms with Gasteiger partial charge < -0.3 is 15.8 Å². The molecule has 1 aromatic heterocycles. The van der Waals surface area contributed by atoms with Gasteiger partial charge in [-0.05, 0) is 37.8 Å². The number of ether oxygens (including phenoxy) is 1.